The molecule has 12 nitrogen and oxygen atoms in total. The monoisotopic (exact) mass is 408 g/mol. The van der Waals surface area contributed by atoms with Crippen LogP contribution in [0.3, 0.4) is 0 Å². The van der Waals surface area contributed by atoms with Gasteiger partial charge < -0.3 is 17.7 Å². The molecule has 0 saturated carbocycles. The molecule has 0 aliphatic carbocycles. The summed E-state index contributed by atoms with van der Waals surface area (Å²) in [6.45, 7) is 0. The number of rotatable bonds is 0. The molecule has 4 aromatic heterocycles. The fraction of sp³-hybridized carbons (Fsp3) is 0. The summed E-state index contributed by atoms with van der Waals surface area (Å²) in [5.74, 6) is 0. The first-order valence-electron chi connectivity index (χ1n) is 8.02. The van der Waals surface area contributed by atoms with E-state index in [1.54, 1.807) is 0 Å². The fourth-order valence-electron chi connectivity index (χ4n) is 4.13. The van der Waals surface area contributed by atoms with Crippen LogP contribution < -0.4 is 45.0 Å². The Bertz CT molecular complexity index is 1900. The summed E-state index contributed by atoms with van der Waals surface area (Å²) in [6, 6.07) is 0. The largest absolute Gasteiger partial charge is 0.386 e. The van der Waals surface area contributed by atoms with Crippen molar-refractivity contribution in [3.8, 4) is 0 Å². The van der Waals surface area contributed by atoms with Crippen LogP contribution in [0.1, 0.15) is 0 Å². The lowest BCUT2D eigenvalue weighted by molar-refractivity contribution is 0.496. The van der Waals surface area contributed by atoms with Crippen molar-refractivity contribution in [1.29, 1.82) is 0 Å². The van der Waals surface area contributed by atoms with Gasteiger partial charge in [0.05, 0.1) is 43.1 Å². The van der Waals surface area contributed by atoms with E-state index >= 15 is 0 Å². The van der Waals surface area contributed by atoms with E-state index < -0.39 is 98.9 Å². The van der Waals surface area contributed by atoms with Gasteiger partial charge in [-0.05, 0) is 0 Å². The maximum Gasteiger partial charge on any atom is 0.347 e. The second kappa shape index (κ2) is 4.63. The zero-order chi connectivity index (χ0) is 21.2. The predicted molar refractivity (Wildman–Crippen MR) is 97.9 cm³/mol. The van der Waals surface area contributed by atoms with Crippen molar-refractivity contribution in [3.05, 3.63) is 83.4 Å². The molecule has 0 amide bonds. The van der Waals surface area contributed by atoms with E-state index in [-0.39, 0.29) is 0 Å². The molecule has 0 radical (unpaired) electrons. The van der Waals surface area contributed by atoms with Gasteiger partial charge in [0.1, 0.15) is 0 Å². The van der Waals surface area contributed by atoms with E-state index in [0.717, 1.165) is 0 Å². The predicted octanol–water partition coefficient (Wildman–Crippen LogP) is -1.54. The number of furan rings is 4. The third-order valence-corrected chi connectivity index (χ3v) is 5.12. The molecule has 0 atom stereocenters. The van der Waals surface area contributed by atoms with Crippen LogP contribution in [0.2, 0.25) is 0 Å². The summed E-state index contributed by atoms with van der Waals surface area (Å²) in [4.78, 5) is 98.6. The molecule has 0 unspecified atom stereocenters. The normalized spacial score (nSPS) is 12.4. The van der Waals surface area contributed by atoms with Gasteiger partial charge in [-0.25, -0.2) is 38.4 Å². The molecular formula is C18O12. The Morgan fingerprint density at radius 2 is 0.367 bits per heavy atom. The molecule has 0 saturated heterocycles. The zero-order valence-corrected chi connectivity index (χ0v) is 13.9. The molecule has 6 aromatic rings. The van der Waals surface area contributed by atoms with Gasteiger partial charge in [0.15, 0.2) is 0 Å². The maximum atomic E-state index is 12.4. The molecule has 12 heteroatoms. The highest BCUT2D eigenvalue weighted by molar-refractivity contribution is 6.38. The van der Waals surface area contributed by atoms with Crippen molar-refractivity contribution in [1.82, 2.24) is 0 Å². The molecule has 0 bridgehead atoms. The average molecular weight is 408 g/mol. The summed E-state index contributed by atoms with van der Waals surface area (Å²) in [6.07, 6.45) is 0. The molecule has 144 valence electrons. The minimum atomic E-state index is -1.30. The molecule has 2 aromatic carbocycles. The van der Waals surface area contributed by atoms with E-state index in [4.69, 9.17) is 0 Å². The number of hydrogen-bond donors (Lipinski definition) is 0. The minimum absolute atomic E-state index is 0.525. The van der Waals surface area contributed by atoms with Gasteiger partial charge in [-0.3, -0.25) is 0 Å². The Balaban J connectivity index is 2.36. The second-order valence-electron chi connectivity index (χ2n) is 6.46. The van der Waals surface area contributed by atoms with Crippen LogP contribution >= 0.6 is 0 Å². The highest BCUT2D eigenvalue weighted by Crippen LogP contribution is 2.37. The second-order valence-corrected chi connectivity index (χ2v) is 6.46. The first kappa shape index (κ1) is 16.2. The molecular weight excluding hydrogens is 408 g/mol. The Morgan fingerprint density at radius 3 is 0.533 bits per heavy atom. The van der Waals surface area contributed by atoms with Gasteiger partial charge in [-0.1, -0.05) is 0 Å². The van der Waals surface area contributed by atoms with Gasteiger partial charge in [-0.2, -0.15) is 0 Å². The first-order chi connectivity index (χ1) is 14.2. The fourth-order valence-corrected chi connectivity index (χ4v) is 4.13. The van der Waals surface area contributed by atoms with Crippen molar-refractivity contribution in [2.24, 2.45) is 0 Å². The van der Waals surface area contributed by atoms with E-state index in [1.165, 1.54) is 0 Å². The average Bonchev–Trinajstić information content (AvgIpc) is 3.33. The molecule has 30 heavy (non-hydrogen) atoms. The highest BCUT2D eigenvalue weighted by atomic mass is 16.5. The Labute approximate surface area is 155 Å². The van der Waals surface area contributed by atoms with Crippen LogP contribution in [0, 0.1) is 0 Å². The van der Waals surface area contributed by atoms with E-state index in [9.17, 15) is 38.4 Å². The molecule has 0 spiro atoms. The van der Waals surface area contributed by atoms with E-state index in [2.05, 4.69) is 17.7 Å². The third-order valence-electron chi connectivity index (χ3n) is 5.12. The summed E-state index contributed by atoms with van der Waals surface area (Å²) < 4.78 is 18.1. The van der Waals surface area contributed by atoms with Crippen LogP contribution in [0.4, 0.5) is 0 Å². The first-order valence-corrected chi connectivity index (χ1v) is 8.02. The topological polar surface area (TPSA) is 189 Å². The lowest BCUT2D eigenvalue weighted by Gasteiger charge is -2.02. The summed E-state index contributed by atoms with van der Waals surface area (Å²) in [7, 11) is 0. The van der Waals surface area contributed by atoms with Gasteiger partial charge in [0.2, 0.25) is 0 Å². The summed E-state index contributed by atoms with van der Waals surface area (Å²) in [5.41, 5.74) is -10.4. The number of hydrogen-bond acceptors (Lipinski definition) is 12. The molecule has 0 aliphatic heterocycles. The quantitative estimate of drug-likeness (QED) is 0.282. The molecule has 6 rings (SSSR count). The Hall–Kier alpha value is -4.74. The summed E-state index contributed by atoms with van der Waals surface area (Å²) >= 11 is 0. The molecule has 0 aliphatic rings. The lowest BCUT2D eigenvalue weighted by atomic mass is 9.92. The minimum Gasteiger partial charge on any atom is -0.386 e. The van der Waals surface area contributed by atoms with Crippen molar-refractivity contribution in [3.63, 3.8) is 0 Å². The van der Waals surface area contributed by atoms with Crippen molar-refractivity contribution in [2.45, 2.75) is 0 Å². The van der Waals surface area contributed by atoms with Crippen LogP contribution in [0.25, 0.3) is 53.9 Å². The molecule has 4 heterocycles. The Morgan fingerprint density at radius 1 is 0.233 bits per heavy atom. The van der Waals surface area contributed by atoms with Crippen LogP contribution in [-0.4, -0.2) is 0 Å². The van der Waals surface area contributed by atoms with Gasteiger partial charge in [0, 0.05) is 10.8 Å². The highest BCUT2D eigenvalue weighted by Gasteiger charge is 2.32. The van der Waals surface area contributed by atoms with E-state index in [1.807, 2.05) is 0 Å². The van der Waals surface area contributed by atoms with Gasteiger partial charge in [0.25, 0.3) is 0 Å². The standard InChI is InChI=1S/C18O12/c19-11-3-1-2(5-9(7(3)15(23)27-11)17(25)29-13(5)21)6-10(18(26)30-14(6)22)8-4(1)12(20)28-16(8)24. The smallest absolute Gasteiger partial charge is 0.347 e. The zero-order valence-electron chi connectivity index (χ0n) is 13.9. The summed E-state index contributed by atoms with van der Waals surface area (Å²) in [5, 5.41) is -6.26. The van der Waals surface area contributed by atoms with Crippen LogP contribution in [0.5, 0.6) is 0 Å². The molecule has 0 fully saturated rings. The van der Waals surface area contributed by atoms with Crippen LogP contribution in [0.15, 0.2) is 56.0 Å². The van der Waals surface area contributed by atoms with Gasteiger partial charge in [-0.15, -0.1) is 0 Å². The van der Waals surface area contributed by atoms with E-state index in [0.29, 0.717) is 0 Å². The maximum absolute atomic E-state index is 12.4. The Kier molecular flexibility index (Phi) is 2.50. The molecule has 0 N–H and O–H groups in total. The third kappa shape index (κ3) is 1.51. The SMILES string of the molecule is O=c1oc(=O)c2c1c1c(=O)oc(=O)c1c1c3c(=O)oc(=O)c3c3c(=O)oc(=O)c3c21. The van der Waals surface area contributed by atoms with Crippen molar-refractivity contribution in [2.75, 3.05) is 0 Å². The van der Waals surface area contributed by atoms with Crippen molar-refractivity contribution >= 4 is 53.9 Å². The number of benzene rings is 2. The number of fused-ring (bicyclic) bond motifs is 11. The van der Waals surface area contributed by atoms with Crippen LogP contribution in [-0.2, 0) is 0 Å². The lowest BCUT2D eigenvalue weighted by Crippen LogP contribution is -2.04. The van der Waals surface area contributed by atoms with Crippen molar-refractivity contribution < 1.29 is 17.7 Å². The van der Waals surface area contributed by atoms with Gasteiger partial charge >= 0.3 is 45.0 Å².